The van der Waals surface area contributed by atoms with Crippen molar-refractivity contribution < 1.29 is 4.79 Å². The quantitative estimate of drug-likeness (QED) is 0.452. The Balaban J connectivity index is 2.41. The molecule has 0 N–H and O–H groups in total. The van der Waals surface area contributed by atoms with Gasteiger partial charge in [-0.15, -0.1) is 0 Å². The van der Waals surface area contributed by atoms with Crippen LogP contribution >= 0.6 is 0 Å². The molecular weight excluding hydrogens is 152 g/mol. The maximum atomic E-state index is 10.7. The molecule has 0 aliphatic carbocycles. The number of carbonyl (C=O) groups is 1. The molecule has 0 fully saturated rings. The lowest BCUT2D eigenvalue weighted by Crippen LogP contribution is -2.23. The molecule has 0 amide bonds. The van der Waals surface area contributed by atoms with Crippen molar-refractivity contribution in [1.29, 1.82) is 0 Å². The average molecular weight is 166 g/mol. The van der Waals surface area contributed by atoms with Crippen LogP contribution in [0.5, 0.6) is 0 Å². The van der Waals surface area contributed by atoms with Crippen LogP contribution in [0.1, 0.15) is 32.6 Å². The van der Waals surface area contributed by atoms with Gasteiger partial charge in [0.2, 0.25) is 5.66 Å². The van der Waals surface area contributed by atoms with Crippen molar-refractivity contribution in [3.63, 3.8) is 0 Å². The van der Waals surface area contributed by atoms with E-state index in [1.165, 1.54) is 0 Å². The van der Waals surface area contributed by atoms with E-state index in [-0.39, 0.29) is 0 Å². The van der Waals surface area contributed by atoms with Crippen molar-refractivity contribution in [2.45, 2.75) is 38.3 Å². The number of nitrogens with zero attached hydrogens (tertiary/aromatic N) is 2. The number of carbonyl (C=O) groups excluding carboxylic acids is 1. The van der Waals surface area contributed by atoms with Crippen molar-refractivity contribution in [2.24, 2.45) is 9.98 Å². The van der Waals surface area contributed by atoms with E-state index in [9.17, 15) is 4.79 Å². The Morgan fingerprint density at radius 3 is 2.50 bits per heavy atom. The van der Waals surface area contributed by atoms with E-state index < -0.39 is 5.66 Å². The SMILES string of the molecule is CCCCCC1(C=O)N=CC=N1. The van der Waals surface area contributed by atoms with Crippen molar-refractivity contribution in [3.8, 4) is 0 Å². The summed E-state index contributed by atoms with van der Waals surface area (Å²) in [6.07, 6.45) is 8.09. The minimum Gasteiger partial charge on any atom is -0.298 e. The summed E-state index contributed by atoms with van der Waals surface area (Å²) in [6, 6.07) is 0. The number of aliphatic imine (C=N–C) groups is 2. The molecule has 12 heavy (non-hydrogen) atoms. The lowest BCUT2D eigenvalue weighted by Gasteiger charge is -2.14. The molecule has 1 heterocycles. The third-order valence-electron chi connectivity index (χ3n) is 2.00. The molecule has 0 radical (unpaired) electrons. The average Bonchev–Trinajstić information content (AvgIpc) is 2.55. The lowest BCUT2D eigenvalue weighted by molar-refractivity contribution is -0.112. The summed E-state index contributed by atoms with van der Waals surface area (Å²) >= 11 is 0. The molecule has 0 unspecified atom stereocenters. The number of unbranched alkanes of at least 4 members (excludes halogenated alkanes) is 2. The molecule has 66 valence electrons. The van der Waals surface area contributed by atoms with E-state index in [4.69, 9.17) is 0 Å². The van der Waals surface area contributed by atoms with E-state index in [1.54, 1.807) is 12.4 Å². The van der Waals surface area contributed by atoms with Gasteiger partial charge in [0.15, 0.2) is 6.29 Å². The summed E-state index contributed by atoms with van der Waals surface area (Å²) in [4.78, 5) is 18.8. The first-order chi connectivity index (χ1) is 5.83. The summed E-state index contributed by atoms with van der Waals surface area (Å²) in [6.45, 7) is 2.13. The zero-order chi connectivity index (χ0) is 8.86. The third-order valence-corrected chi connectivity index (χ3v) is 2.00. The zero-order valence-electron chi connectivity index (χ0n) is 7.36. The molecule has 0 aromatic carbocycles. The highest BCUT2D eigenvalue weighted by atomic mass is 16.1. The van der Waals surface area contributed by atoms with Crippen LogP contribution in [0.4, 0.5) is 0 Å². The molecule has 3 heteroatoms. The van der Waals surface area contributed by atoms with Crippen LogP contribution in [0.25, 0.3) is 0 Å². The summed E-state index contributed by atoms with van der Waals surface area (Å²) in [7, 11) is 0. The summed E-state index contributed by atoms with van der Waals surface area (Å²) in [5.74, 6) is 0. The second-order valence-electron chi connectivity index (χ2n) is 3.01. The van der Waals surface area contributed by atoms with Crippen LogP contribution in [-0.4, -0.2) is 24.4 Å². The Hall–Kier alpha value is -0.990. The second kappa shape index (κ2) is 4.14. The van der Waals surface area contributed by atoms with Crippen molar-refractivity contribution in [2.75, 3.05) is 0 Å². The maximum absolute atomic E-state index is 10.7. The number of rotatable bonds is 5. The Bertz CT molecular complexity index is 197. The second-order valence-corrected chi connectivity index (χ2v) is 3.01. The molecule has 0 bridgehead atoms. The van der Waals surface area contributed by atoms with Gasteiger partial charge in [0, 0.05) is 12.4 Å². The molecule has 0 spiro atoms. The van der Waals surface area contributed by atoms with Crippen LogP contribution in [0, 0.1) is 0 Å². The van der Waals surface area contributed by atoms with Crippen LogP contribution < -0.4 is 0 Å². The normalized spacial score (nSPS) is 18.4. The highest BCUT2D eigenvalue weighted by Gasteiger charge is 2.27. The van der Waals surface area contributed by atoms with Gasteiger partial charge in [0.05, 0.1) is 0 Å². The van der Waals surface area contributed by atoms with Gasteiger partial charge in [-0.25, -0.2) is 0 Å². The Labute approximate surface area is 72.6 Å². The fraction of sp³-hybridized carbons (Fsp3) is 0.667. The molecule has 3 nitrogen and oxygen atoms in total. The predicted molar refractivity (Wildman–Crippen MR) is 49.9 cm³/mol. The first-order valence-corrected chi connectivity index (χ1v) is 4.38. The molecule has 1 rings (SSSR count). The Morgan fingerprint density at radius 1 is 1.33 bits per heavy atom. The molecule has 1 aliphatic heterocycles. The molecule has 1 aliphatic rings. The monoisotopic (exact) mass is 166 g/mol. The first kappa shape index (κ1) is 9.10. The molecule has 0 aromatic rings. The number of aldehydes is 1. The molecule has 0 saturated heterocycles. The Morgan fingerprint density at radius 2 is 2.00 bits per heavy atom. The summed E-state index contributed by atoms with van der Waals surface area (Å²) in [5, 5.41) is 0. The minimum atomic E-state index is -0.755. The summed E-state index contributed by atoms with van der Waals surface area (Å²) in [5.41, 5.74) is -0.755. The van der Waals surface area contributed by atoms with Gasteiger partial charge in [-0.3, -0.25) is 14.8 Å². The van der Waals surface area contributed by atoms with Crippen LogP contribution in [0.15, 0.2) is 9.98 Å². The van der Waals surface area contributed by atoms with Gasteiger partial charge in [0.25, 0.3) is 0 Å². The number of hydrogen-bond acceptors (Lipinski definition) is 3. The zero-order valence-corrected chi connectivity index (χ0v) is 7.36. The number of hydrogen-bond donors (Lipinski definition) is 0. The van der Waals surface area contributed by atoms with E-state index in [0.717, 1.165) is 32.0 Å². The van der Waals surface area contributed by atoms with Crippen LogP contribution in [-0.2, 0) is 4.79 Å². The lowest BCUT2D eigenvalue weighted by atomic mass is 10.1. The van der Waals surface area contributed by atoms with Gasteiger partial charge in [-0.1, -0.05) is 19.8 Å². The predicted octanol–water partition coefficient (Wildman–Crippen LogP) is 1.62. The van der Waals surface area contributed by atoms with Gasteiger partial charge in [-0.2, -0.15) is 0 Å². The van der Waals surface area contributed by atoms with Crippen molar-refractivity contribution >= 4 is 18.7 Å². The molecule has 0 atom stereocenters. The highest BCUT2D eigenvalue weighted by Crippen LogP contribution is 2.20. The van der Waals surface area contributed by atoms with Gasteiger partial charge < -0.3 is 0 Å². The van der Waals surface area contributed by atoms with E-state index >= 15 is 0 Å². The fourth-order valence-electron chi connectivity index (χ4n) is 1.24. The topological polar surface area (TPSA) is 41.8 Å². The maximum Gasteiger partial charge on any atom is 0.205 e. The van der Waals surface area contributed by atoms with E-state index in [1.807, 2.05) is 0 Å². The van der Waals surface area contributed by atoms with Gasteiger partial charge in [0.1, 0.15) is 0 Å². The summed E-state index contributed by atoms with van der Waals surface area (Å²) < 4.78 is 0. The minimum absolute atomic E-state index is 0.747. The highest BCUT2D eigenvalue weighted by molar-refractivity contribution is 6.18. The van der Waals surface area contributed by atoms with Gasteiger partial charge >= 0.3 is 0 Å². The molecular formula is C9H14N2O. The van der Waals surface area contributed by atoms with Gasteiger partial charge in [-0.05, 0) is 12.8 Å². The Kier molecular flexibility index (Phi) is 3.14. The van der Waals surface area contributed by atoms with Crippen molar-refractivity contribution in [1.82, 2.24) is 0 Å². The van der Waals surface area contributed by atoms with Crippen LogP contribution in [0.2, 0.25) is 0 Å². The third kappa shape index (κ3) is 2.00. The first-order valence-electron chi connectivity index (χ1n) is 4.38. The van der Waals surface area contributed by atoms with Crippen LogP contribution in [0.3, 0.4) is 0 Å². The largest absolute Gasteiger partial charge is 0.298 e. The van der Waals surface area contributed by atoms with E-state index in [2.05, 4.69) is 16.9 Å². The van der Waals surface area contributed by atoms with E-state index in [0.29, 0.717) is 0 Å². The molecule has 0 aromatic heterocycles. The smallest absolute Gasteiger partial charge is 0.205 e. The van der Waals surface area contributed by atoms with Crippen molar-refractivity contribution in [3.05, 3.63) is 0 Å². The molecule has 0 saturated carbocycles. The fourth-order valence-corrected chi connectivity index (χ4v) is 1.24. The standard InChI is InChI=1S/C9H14N2O/c1-2-3-4-5-9(8-12)10-6-7-11-9/h6-8H,2-5H2,1H3.